The minimum Gasteiger partial charge on any atom is -0.347 e. The highest BCUT2D eigenvalue weighted by atomic mass is 35.5. The second-order valence-corrected chi connectivity index (χ2v) is 7.23. The molecule has 0 radical (unpaired) electrons. The Labute approximate surface area is 132 Å². The number of nitrogens with zero attached hydrogens (tertiary/aromatic N) is 2. The zero-order chi connectivity index (χ0) is 14.4. The number of rotatable bonds is 2. The molecule has 2 aliphatic rings. The molecule has 1 amide bonds. The molecule has 21 heavy (non-hydrogen) atoms. The Morgan fingerprint density at radius 3 is 3.24 bits per heavy atom. The summed E-state index contributed by atoms with van der Waals surface area (Å²) in [7, 11) is 0. The lowest BCUT2D eigenvalue weighted by molar-refractivity contribution is 0.0904. The molecule has 2 aromatic rings. The fraction of sp³-hybridized carbons (Fsp3) is 0.467. The van der Waals surface area contributed by atoms with Gasteiger partial charge in [-0.15, -0.1) is 11.3 Å². The van der Waals surface area contributed by atoms with E-state index >= 15 is 0 Å². The Hall–Kier alpha value is -1.17. The zero-order valence-electron chi connectivity index (χ0n) is 11.5. The molecule has 4 rings (SSSR count). The van der Waals surface area contributed by atoms with Crippen molar-refractivity contribution in [1.29, 1.82) is 0 Å². The van der Waals surface area contributed by atoms with Crippen LogP contribution in [0.1, 0.15) is 23.3 Å². The Balaban J connectivity index is 1.53. The summed E-state index contributed by atoms with van der Waals surface area (Å²) < 4.78 is 0.940. The molecule has 6 heteroatoms. The number of fused-ring (bicyclic) bond motifs is 3. The van der Waals surface area contributed by atoms with Crippen LogP contribution >= 0.6 is 22.9 Å². The third-order valence-corrected chi connectivity index (χ3v) is 5.75. The van der Waals surface area contributed by atoms with Gasteiger partial charge in [0.25, 0.3) is 5.91 Å². The van der Waals surface area contributed by atoms with E-state index in [0.29, 0.717) is 10.8 Å². The summed E-state index contributed by atoms with van der Waals surface area (Å²) in [6, 6.07) is 4.03. The lowest BCUT2D eigenvalue weighted by Gasteiger charge is -2.30. The summed E-state index contributed by atoms with van der Waals surface area (Å²) in [5.41, 5.74) is 0.416. The van der Waals surface area contributed by atoms with E-state index in [1.807, 2.05) is 17.5 Å². The SMILES string of the molecule is O=C(N[C@@H]1C[C@@H]2CCN(C2)C1)c1cc2ccsc2c(Cl)n1. The van der Waals surface area contributed by atoms with Gasteiger partial charge >= 0.3 is 0 Å². The fourth-order valence-corrected chi connectivity index (χ4v) is 4.57. The third kappa shape index (κ3) is 2.54. The van der Waals surface area contributed by atoms with Crippen LogP contribution in [0.5, 0.6) is 0 Å². The van der Waals surface area contributed by atoms with Crippen LogP contribution in [-0.2, 0) is 0 Å². The molecule has 2 saturated heterocycles. The third-order valence-electron chi connectivity index (χ3n) is 4.43. The van der Waals surface area contributed by atoms with Crippen LogP contribution in [0.15, 0.2) is 17.5 Å². The minimum absolute atomic E-state index is 0.113. The number of carbonyl (C=O) groups is 1. The van der Waals surface area contributed by atoms with Crippen molar-refractivity contribution in [2.24, 2.45) is 5.92 Å². The van der Waals surface area contributed by atoms with Crippen molar-refractivity contribution >= 4 is 38.9 Å². The highest BCUT2D eigenvalue weighted by Gasteiger charge is 2.33. The molecular weight excluding hydrogens is 306 g/mol. The Morgan fingerprint density at radius 1 is 1.48 bits per heavy atom. The number of hydrogen-bond acceptors (Lipinski definition) is 4. The highest BCUT2D eigenvalue weighted by molar-refractivity contribution is 7.17. The van der Waals surface area contributed by atoms with E-state index in [2.05, 4.69) is 15.2 Å². The minimum atomic E-state index is -0.113. The van der Waals surface area contributed by atoms with Gasteiger partial charge in [-0.2, -0.15) is 0 Å². The average molecular weight is 322 g/mol. The molecule has 3 atom stereocenters. The van der Waals surface area contributed by atoms with Gasteiger partial charge in [0.05, 0.1) is 4.70 Å². The first-order valence-corrected chi connectivity index (χ1v) is 8.52. The maximum absolute atomic E-state index is 12.4. The van der Waals surface area contributed by atoms with Gasteiger partial charge in [0.2, 0.25) is 0 Å². The predicted octanol–water partition coefficient (Wildman–Crippen LogP) is 2.77. The van der Waals surface area contributed by atoms with Gasteiger partial charge < -0.3 is 10.2 Å². The second kappa shape index (κ2) is 5.23. The van der Waals surface area contributed by atoms with Gasteiger partial charge in [-0.25, -0.2) is 4.98 Å². The first-order chi connectivity index (χ1) is 10.2. The van der Waals surface area contributed by atoms with Crippen LogP contribution in [0, 0.1) is 5.92 Å². The van der Waals surface area contributed by atoms with E-state index in [4.69, 9.17) is 11.6 Å². The van der Waals surface area contributed by atoms with E-state index in [0.717, 1.165) is 29.0 Å². The molecule has 0 aromatic carbocycles. The van der Waals surface area contributed by atoms with Crippen LogP contribution in [0.3, 0.4) is 0 Å². The summed E-state index contributed by atoms with van der Waals surface area (Å²) in [6.07, 6.45) is 2.34. The molecular formula is C15H16ClN3OS. The van der Waals surface area contributed by atoms with E-state index in [1.54, 1.807) is 11.3 Å². The Kier molecular flexibility index (Phi) is 3.36. The normalized spacial score (nSPS) is 28.0. The number of hydrogen-bond donors (Lipinski definition) is 1. The topological polar surface area (TPSA) is 45.2 Å². The van der Waals surface area contributed by atoms with Crippen LogP contribution in [-0.4, -0.2) is 41.5 Å². The molecule has 4 nitrogen and oxygen atoms in total. The Morgan fingerprint density at radius 2 is 2.38 bits per heavy atom. The molecule has 0 spiro atoms. The highest BCUT2D eigenvalue weighted by Crippen LogP contribution is 2.29. The summed E-state index contributed by atoms with van der Waals surface area (Å²) in [6.45, 7) is 3.32. The number of amides is 1. The molecule has 4 heterocycles. The largest absolute Gasteiger partial charge is 0.347 e. The molecule has 2 aromatic heterocycles. The van der Waals surface area contributed by atoms with Gasteiger partial charge in [0.1, 0.15) is 10.8 Å². The van der Waals surface area contributed by atoms with Crippen molar-refractivity contribution in [3.63, 3.8) is 0 Å². The van der Waals surface area contributed by atoms with Crippen molar-refractivity contribution in [2.45, 2.75) is 18.9 Å². The number of halogens is 1. The van der Waals surface area contributed by atoms with Gasteiger partial charge in [-0.3, -0.25) is 4.79 Å². The first-order valence-electron chi connectivity index (χ1n) is 7.26. The van der Waals surface area contributed by atoms with E-state index in [9.17, 15) is 4.79 Å². The number of carbonyl (C=O) groups excluding carboxylic acids is 1. The maximum Gasteiger partial charge on any atom is 0.270 e. The molecule has 1 N–H and O–H groups in total. The fourth-order valence-electron chi connectivity index (χ4n) is 3.48. The summed E-state index contributed by atoms with van der Waals surface area (Å²) in [4.78, 5) is 19.1. The predicted molar refractivity (Wildman–Crippen MR) is 85.0 cm³/mol. The van der Waals surface area contributed by atoms with E-state index in [1.165, 1.54) is 19.5 Å². The lowest BCUT2D eigenvalue weighted by atomic mass is 9.97. The molecule has 2 aliphatic heterocycles. The summed E-state index contributed by atoms with van der Waals surface area (Å²) >= 11 is 7.70. The van der Waals surface area contributed by atoms with Crippen molar-refractivity contribution in [3.8, 4) is 0 Å². The standard InChI is InChI=1S/C15H16ClN3OS/c16-14-13-10(2-4-21-13)6-12(18-14)15(20)17-11-5-9-1-3-19(7-9)8-11/h2,4,6,9,11H,1,3,5,7-8H2,(H,17,20)/t9-,11+/m0/s1. The Bertz CT molecular complexity index is 689. The molecule has 110 valence electrons. The average Bonchev–Trinajstić information content (AvgIpc) is 3.05. The van der Waals surface area contributed by atoms with Crippen LogP contribution in [0.25, 0.3) is 10.1 Å². The van der Waals surface area contributed by atoms with Gasteiger partial charge in [-0.1, -0.05) is 11.6 Å². The van der Waals surface area contributed by atoms with Crippen molar-refractivity contribution in [1.82, 2.24) is 15.2 Å². The maximum atomic E-state index is 12.4. The van der Waals surface area contributed by atoms with Crippen molar-refractivity contribution in [2.75, 3.05) is 19.6 Å². The van der Waals surface area contributed by atoms with Crippen LogP contribution in [0.2, 0.25) is 5.15 Å². The smallest absolute Gasteiger partial charge is 0.270 e. The van der Waals surface area contributed by atoms with E-state index < -0.39 is 0 Å². The molecule has 0 saturated carbocycles. The number of aromatic nitrogens is 1. The lowest BCUT2D eigenvalue weighted by Crippen LogP contribution is -2.47. The number of nitrogens with one attached hydrogen (secondary N) is 1. The summed E-state index contributed by atoms with van der Waals surface area (Å²) in [5.74, 6) is 0.623. The van der Waals surface area contributed by atoms with Gasteiger partial charge in [0, 0.05) is 19.1 Å². The number of piperidine rings is 1. The molecule has 2 fully saturated rings. The van der Waals surface area contributed by atoms with Gasteiger partial charge in [-0.05, 0) is 48.2 Å². The molecule has 2 bridgehead atoms. The summed E-state index contributed by atoms with van der Waals surface area (Å²) in [5, 5.41) is 6.49. The monoisotopic (exact) mass is 321 g/mol. The first kappa shape index (κ1) is 13.5. The van der Waals surface area contributed by atoms with Crippen LogP contribution < -0.4 is 5.32 Å². The second-order valence-electron chi connectivity index (χ2n) is 5.96. The van der Waals surface area contributed by atoms with Crippen molar-refractivity contribution in [3.05, 3.63) is 28.4 Å². The van der Waals surface area contributed by atoms with Gasteiger partial charge in [0.15, 0.2) is 0 Å². The zero-order valence-corrected chi connectivity index (χ0v) is 13.1. The number of pyridine rings is 1. The molecule has 1 unspecified atom stereocenters. The van der Waals surface area contributed by atoms with Crippen molar-refractivity contribution < 1.29 is 4.79 Å². The number of thiophene rings is 1. The van der Waals surface area contributed by atoms with E-state index in [-0.39, 0.29) is 11.9 Å². The van der Waals surface area contributed by atoms with Crippen LogP contribution in [0.4, 0.5) is 0 Å². The quantitative estimate of drug-likeness (QED) is 0.865. The molecule has 0 aliphatic carbocycles.